The van der Waals surface area contributed by atoms with Crippen molar-refractivity contribution in [1.82, 2.24) is 20.2 Å². The van der Waals surface area contributed by atoms with Crippen molar-refractivity contribution in [1.29, 1.82) is 0 Å². The largest absolute Gasteiger partial charge is 0.482 e. The molecule has 0 unspecified atom stereocenters. The summed E-state index contributed by atoms with van der Waals surface area (Å²) >= 11 is 12.3. The highest BCUT2D eigenvalue weighted by molar-refractivity contribution is 6.35. The highest BCUT2D eigenvalue weighted by Gasteiger charge is 2.16. The molecule has 0 radical (unpaired) electrons. The van der Waals surface area contributed by atoms with Crippen LogP contribution in [0, 0.1) is 0 Å². The number of carbonyl (C=O) groups is 1. The first-order valence-electron chi connectivity index (χ1n) is 7.25. The maximum atomic E-state index is 11.9. The van der Waals surface area contributed by atoms with Crippen molar-refractivity contribution in [2.24, 2.45) is 0 Å². The van der Waals surface area contributed by atoms with Gasteiger partial charge in [0, 0.05) is 16.1 Å². The fourth-order valence-electron chi connectivity index (χ4n) is 1.96. The molecule has 1 heterocycles. The van der Waals surface area contributed by atoms with E-state index in [9.17, 15) is 4.79 Å². The first-order chi connectivity index (χ1) is 11.2. The molecule has 0 atom stereocenters. The summed E-state index contributed by atoms with van der Waals surface area (Å²) in [6.45, 7) is 5.92. The van der Waals surface area contributed by atoms with Gasteiger partial charge in [0.05, 0.1) is 11.6 Å². The standard InChI is InChI=1S/C15H19Cl2N5O2/c1-15(2,3)21-13(23)7-24-14-10(4-11(16)5-12(14)17)6-20-22-8-18-19-9-22/h4-5,8-9,20H,6-7H2,1-3H3,(H,21,23). The smallest absolute Gasteiger partial charge is 0.258 e. The minimum absolute atomic E-state index is 0.141. The van der Waals surface area contributed by atoms with E-state index in [4.69, 9.17) is 27.9 Å². The number of nitrogens with one attached hydrogen (secondary N) is 2. The van der Waals surface area contributed by atoms with Gasteiger partial charge in [0.25, 0.3) is 5.91 Å². The summed E-state index contributed by atoms with van der Waals surface area (Å²) < 4.78 is 7.21. The number of hydrogen-bond acceptors (Lipinski definition) is 5. The van der Waals surface area contributed by atoms with E-state index in [1.807, 2.05) is 20.8 Å². The molecule has 1 aromatic heterocycles. The molecule has 130 valence electrons. The normalized spacial score (nSPS) is 11.2. The lowest BCUT2D eigenvalue weighted by Crippen LogP contribution is -2.43. The van der Waals surface area contributed by atoms with Gasteiger partial charge in [-0.2, -0.15) is 0 Å². The van der Waals surface area contributed by atoms with E-state index in [0.717, 1.165) is 0 Å². The summed E-state index contributed by atoms with van der Waals surface area (Å²) in [6.07, 6.45) is 3.03. The number of amides is 1. The molecule has 0 fully saturated rings. The Morgan fingerprint density at radius 1 is 1.25 bits per heavy atom. The third-order valence-corrected chi connectivity index (χ3v) is 3.32. The zero-order valence-electron chi connectivity index (χ0n) is 13.6. The summed E-state index contributed by atoms with van der Waals surface area (Å²) in [4.78, 5) is 11.9. The summed E-state index contributed by atoms with van der Waals surface area (Å²) in [5.41, 5.74) is 3.44. The van der Waals surface area contributed by atoms with Crippen molar-refractivity contribution >= 4 is 29.1 Å². The second kappa shape index (κ2) is 7.72. The first-order valence-corrected chi connectivity index (χ1v) is 8.00. The Bertz CT molecular complexity index is 699. The van der Waals surface area contributed by atoms with Crippen molar-refractivity contribution in [3.05, 3.63) is 40.4 Å². The number of rotatable bonds is 6. The predicted octanol–water partition coefficient (Wildman–Crippen LogP) is 2.62. The van der Waals surface area contributed by atoms with Gasteiger partial charge in [0.2, 0.25) is 0 Å². The van der Waals surface area contributed by atoms with Crippen molar-refractivity contribution in [2.45, 2.75) is 32.9 Å². The number of hydrogen-bond donors (Lipinski definition) is 2. The molecule has 0 aliphatic rings. The van der Waals surface area contributed by atoms with Crippen molar-refractivity contribution < 1.29 is 9.53 Å². The topological polar surface area (TPSA) is 81.1 Å². The monoisotopic (exact) mass is 371 g/mol. The lowest BCUT2D eigenvalue weighted by molar-refractivity contribution is -0.124. The molecule has 0 spiro atoms. The van der Waals surface area contributed by atoms with Gasteiger partial charge in [0.15, 0.2) is 6.61 Å². The van der Waals surface area contributed by atoms with Gasteiger partial charge in [0.1, 0.15) is 18.4 Å². The third-order valence-electron chi connectivity index (χ3n) is 2.82. The van der Waals surface area contributed by atoms with Crippen LogP contribution in [0.2, 0.25) is 10.0 Å². The average Bonchev–Trinajstić information content (AvgIpc) is 2.95. The molecule has 2 rings (SSSR count). The van der Waals surface area contributed by atoms with Crippen LogP contribution in [0.3, 0.4) is 0 Å². The van der Waals surface area contributed by atoms with Gasteiger partial charge in [-0.05, 0) is 32.9 Å². The molecule has 1 aromatic carbocycles. The fourth-order valence-corrected chi connectivity index (χ4v) is 2.55. The van der Waals surface area contributed by atoms with Gasteiger partial charge < -0.3 is 15.5 Å². The van der Waals surface area contributed by atoms with Gasteiger partial charge in [-0.25, -0.2) is 4.68 Å². The number of nitrogens with zero attached hydrogens (tertiary/aromatic N) is 3. The van der Waals surface area contributed by atoms with Crippen molar-refractivity contribution in [3.8, 4) is 5.75 Å². The fraction of sp³-hybridized carbons (Fsp3) is 0.400. The number of aromatic nitrogens is 3. The van der Waals surface area contributed by atoms with Crippen LogP contribution in [-0.2, 0) is 11.3 Å². The molecule has 0 saturated carbocycles. The van der Waals surface area contributed by atoms with Crippen LogP contribution in [0.5, 0.6) is 5.75 Å². The Hall–Kier alpha value is -1.99. The molecular formula is C15H19Cl2N5O2. The summed E-state index contributed by atoms with van der Waals surface area (Å²) in [6, 6.07) is 3.30. The van der Waals surface area contributed by atoms with Crippen LogP contribution in [0.15, 0.2) is 24.8 Å². The van der Waals surface area contributed by atoms with E-state index >= 15 is 0 Å². The van der Waals surface area contributed by atoms with E-state index in [1.54, 1.807) is 16.8 Å². The number of ether oxygens (including phenoxy) is 1. The zero-order valence-corrected chi connectivity index (χ0v) is 15.1. The molecule has 7 nitrogen and oxygen atoms in total. The molecule has 24 heavy (non-hydrogen) atoms. The molecular weight excluding hydrogens is 353 g/mol. The molecule has 2 N–H and O–H groups in total. The van der Waals surface area contributed by atoms with E-state index in [2.05, 4.69) is 20.9 Å². The second-order valence-corrected chi connectivity index (χ2v) is 7.01. The minimum Gasteiger partial charge on any atom is -0.482 e. The molecule has 0 saturated heterocycles. The van der Waals surface area contributed by atoms with Gasteiger partial charge in [-0.3, -0.25) is 4.79 Å². The van der Waals surface area contributed by atoms with E-state index in [-0.39, 0.29) is 18.1 Å². The molecule has 0 aliphatic heterocycles. The number of halogens is 2. The Labute approximate surface area is 150 Å². The van der Waals surface area contributed by atoms with Crippen LogP contribution in [0.1, 0.15) is 26.3 Å². The molecule has 0 bridgehead atoms. The van der Waals surface area contributed by atoms with E-state index < -0.39 is 0 Å². The van der Waals surface area contributed by atoms with Gasteiger partial charge in [-0.1, -0.05) is 23.2 Å². The minimum atomic E-state index is -0.330. The Morgan fingerprint density at radius 2 is 1.92 bits per heavy atom. The average molecular weight is 372 g/mol. The van der Waals surface area contributed by atoms with E-state index in [0.29, 0.717) is 27.9 Å². The van der Waals surface area contributed by atoms with Crippen LogP contribution in [-0.4, -0.2) is 32.9 Å². The Balaban J connectivity index is 2.08. The van der Waals surface area contributed by atoms with Crippen LogP contribution in [0.4, 0.5) is 0 Å². The molecule has 1 amide bonds. The second-order valence-electron chi connectivity index (χ2n) is 6.17. The van der Waals surface area contributed by atoms with Crippen LogP contribution in [0.25, 0.3) is 0 Å². The summed E-state index contributed by atoms with van der Waals surface area (Å²) in [5.74, 6) is 0.178. The van der Waals surface area contributed by atoms with Crippen LogP contribution >= 0.6 is 23.2 Å². The summed E-state index contributed by atoms with van der Waals surface area (Å²) in [7, 11) is 0. The quantitative estimate of drug-likeness (QED) is 0.815. The van der Waals surface area contributed by atoms with Gasteiger partial charge >= 0.3 is 0 Å². The van der Waals surface area contributed by atoms with Crippen molar-refractivity contribution in [2.75, 3.05) is 12.0 Å². The maximum absolute atomic E-state index is 11.9. The first kappa shape index (κ1) is 18.4. The van der Waals surface area contributed by atoms with Crippen molar-refractivity contribution in [3.63, 3.8) is 0 Å². The summed E-state index contributed by atoms with van der Waals surface area (Å²) in [5, 5.41) is 11.0. The molecule has 9 heteroatoms. The molecule has 2 aromatic rings. The van der Waals surface area contributed by atoms with E-state index in [1.165, 1.54) is 12.7 Å². The predicted molar refractivity (Wildman–Crippen MR) is 92.9 cm³/mol. The molecule has 0 aliphatic carbocycles. The Morgan fingerprint density at radius 3 is 2.54 bits per heavy atom. The SMILES string of the molecule is CC(C)(C)NC(=O)COc1c(Cl)cc(Cl)cc1CNn1cnnc1. The van der Waals surface area contributed by atoms with Crippen LogP contribution < -0.4 is 15.5 Å². The number of carbonyl (C=O) groups excluding carboxylic acids is 1. The highest BCUT2D eigenvalue weighted by Crippen LogP contribution is 2.32. The highest BCUT2D eigenvalue weighted by atomic mass is 35.5. The maximum Gasteiger partial charge on any atom is 0.258 e. The lowest BCUT2D eigenvalue weighted by atomic mass is 10.1. The zero-order chi connectivity index (χ0) is 17.7. The third kappa shape index (κ3) is 5.58. The lowest BCUT2D eigenvalue weighted by Gasteiger charge is -2.21. The Kier molecular flexibility index (Phi) is 5.90. The number of benzene rings is 1. The van der Waals surface area contributed by atoms with Gasteiger partial charge in [-0.15, -0.1) is 10.2 Å².